The number of carbonyl (C=O) groups excluding carboxylic acids is 2. The molecule has 3 fully saturated rings. The van der Waals surface area contributed by atoms with Crippen LogP contribution in [0.3, 0.4) is 0 Å². The van der Waals surface area contributed by atoms with Crippen molar-refractivity contribution in [3.63, 3.8) is 0 Å². The molecule has 10 atom stereocenters. The Labute approximate surface area is 322 Å². The molecule has 1 amide bonds. The lowest BCUT2D eigenvalue weighted by molar-refractivity contribution is -0.201. The molecule has 1 aromatic heterocycles. The lowest BCUT2D eigenvalue weighted by Gasteiger charge is -2.63. The lowest BCUT2D eigenvalue weighted by Crippen LogP contribution is -2.81. The molecule has 2 aromatic carbocycles. The predicted molar refractivity (Wildman–Crippen MR) is 208 cm³/mol. The third-order valence-corrected chi connectivity index (χ3v) is 15.2. The van der Waals surface area contributed by atoms with E-state index in [9.17, 15) is 20.1 Å². The first-order valence-electron chi connectivity index (χ1n) is 20.0. The van der Waals surface area contributed by atoms with Gasteiger partial charge in [0.05, 0.1) is 25.9 Å². The molecule has 6 N–H and O–H groups in total. The minimum atomic E-state index is -2.30. The van der Waals surface area contributed by atoms with E-state index in [0.717, 1.165) is 46.5 Å². The summed E-state index contributed by atoms with van der Waals surface area (Å²) in [6, 6.07) is 11.0. The minimum absolute atomic E-state index is 0.0790. The number of carbonyl (C=O) groups is 2. The second kappa shape index (κ2) is 12.3. The molecule has 1 spiro atoms. The van der Waals surface area contributed by atoms with E-state index in [1.54, 1.807) is 7.11 Å². The van der Waals surface area contributed by atoms with Gasteiger partial charge in [0.15, 0.2) is 5.60 Å². The van der Waals surface area contributed by atoms with Crippen LogP contribution >= 0.6 is 0 Å². The molecule has 55 heavy (non-hydrogen) atoms. The number of primary amides is 1. The Hall–Kier alpha value is -3.94. The van der Waals surface area contributed by atoms with Gasteiger partial charge in [-0.15, -0.1) is 0 Å². The molecule has 0 radical (unpaired) electrons. The number of amides is 1. The standard InChI is InChI=1S/C43H55N5O7/c1-6-39(52)21-25-22-42(38(51)55-5,33-27(13-17-47(23-25)24-39)26-11-8-9-12-30(26)45-33)29-19-28-31(20-32(29)54-4)46(3)35-41(28)15-18-48-16-10-14-40(7-2,34(41)48)36(49)43(35,53)37(44)50/h8-12,14,19-20,25,34-36,45,49,52-53H,6-7,13,15-18,21-24H2,1-5H3,(H2,44,50)/t25?,34-,35?,36+,39+,40+,41-,42+,43-/m0/s1. The highest BCUT2D eigenvalue weighted by Crippen LogP contribution is 2.67. The topological polar surface area (TPSA) is 165 Å². The molecule has 2 saturated heterocycles. The molecule has 3 unspecified atom stereocenters. The number of aromatic nitrogens is 1. The number of piperidine rings is 1. The number of nitrogens with two attached hydrogens (primary N) is 1. The zero-order chi connectivity index (χ0) is 38.9. The van der Waals surface area contributed by atoms with Crippen molar-refractivity contribution in [1.82, 2.24) is 14.8 Å². The molecule has 294 valence electrons. The highest BCUT2D eigenvalue weighted by atomic mass is 16.5. The first-order chi connectivity index (χ1) is 26.3. The predicted octanol–water partition coefficient (Wildman–Crippen LogP) is 2.73. The second-order valence-corrected chi connectivity index (χ2v) is 17.5. The van der Waals surface area contributed by atoms with E-state index in [0.29, 0.717) is 69.5 Å². The molecule has 2 bridgehead atoms. The minimum Gasteiger partial charge on any atom is -0.496 e. The van der Waals surface area contributed by atoms with E-state index in [-0.39, 0.29) is 12.0 Å². The summed E-state index contributed by atoms with van der Waals surface area (Å²) in [5, 5.41) is 38.0. The van der Waals surface area contributed by atoms with Crippen LogP contribution in [0.15, 0.2) is 48.6 Å². The van der Waals surface area contributed by atoms with Crippen molar-refractivity contribution in [2.24, 2.45) is 17.1 Å². The lowest BCUT2D eigenvalue weighted by atomic mass is 9.47. The molecule has 6 heterocycles. The maximum absolute atomic E-state index is 15.2. The van der Waals surface area contributed by atoms with Gasteiger partial charge >= 0.3 is 5.97 Å². The van der Waals surface area contributed by atoms with Gasteiger partial charge in [-0.1, -0.05) is 44.2 Å². The Morgan fingerprint density at radius 2 is 1.82 bits per heavy atom. The van der Waals surface area contributed by atoms with Gasteiger partial charge in [0.1, 0.15) is 17.3 Å². The van der Waals surface area contributed by atoms with Crippen molar-refractivity contribution in [3.8, 4) is 5.75 Å². The van der Waals surface area contributed by atoms with Gasteiger partial charge in [-0.25, -0.2) is 0 Å². The number of rotatable bonds is 6. The number of esters is 1. The normalized spacial score (nSPS) is 39.0. The number of methoxy groups -OCH3 is 2. The Bertz CT molecular complexity index is 2120. The van der Waals surface area contributed by atoms with Crippen LogP contribution in [0.5, 0.6) is 5.75 Å². The number of aliphatic hydroxyl groups excluding tert-OH is 1. The molecule has 1 aliphatic carbocycles. The number of aromatic amines is 1. The van der Waals surface area contributed by atoms with Crippen LogP contribution < -0.4 is 15.4 Å². The smallest absolute Gasteiger partial charge is 0.322 e. The van der Waals surface area contributed by atoms with E-state index in [4.69, 9.17) is 15.2 Å². The number of hydrogen-bond acceptors (Lipinski definition) is 10. The van der Waals surface area contributed by atoms with E-state index >= 15 is 4.79 Å². The maximum Gasteiger partial charge on any atom is 0.322 e. The van der Waals surface area contributed by atoms with Gasteiger partial charge in [-0.05, 0) is 74.2 Å². The number of para-hydroxylation sites is 1. The van der Waals surface area contributed by atoms with Gasteiger partial charge in [0.25, 0.3) is 5.91 Å². The van der Waals surface area contributed by atoms with Gasteiger partial charge in [0, 0.05) is 84.0 Å². The fourth-order valence-electron chi connectivity index (χ4n) is 13.1. The number of benzene rings is 2. The Morgan fingerprint density at radius 1 is 1.04 bits per heavy atom. The third-order valence-electron chi connectivity index (χ3n) is 15.2. The number of H-pyrrole nitrogens is 1. The average Bonchev–Trinajstić information content (AvgIpc) is 3.84. The van der Waals surface area contributed by atoms with Crippen molar-refractivity contribution in [2.75, 3.05) is 58.9 Å². The number of likely N-dealkylation sites (N-methyl/N-ethyl adjacent to an activating group) is 1. The van der Waals surface area contributed by atoms with Crippen LogP contribution in [-0.2, 0) is 31.6 Å². The van der Waals surface area contributed by atoms with E-state index in [1.807, 2.05) is 62.2 Å². The molecule has 6 aliphatic rings. The first kappa shape index (κ1) is 36.7. The number of anilines is 1. The van der Waals surface area contributed by atoms with Crippen molar-refractivity contribution >= 4 is 28.5 Å². The summed E-state index contributed by atoms with van der Waals surface area (Å²) in [7, 11) is 4.89. The molecular weight excluding hydrogens is 699 g/mol. The molecule has 5 aliphatic heterocycles. The number of fused-ring (bicyclic) bond motifs is 6. The number of nitrogens with one attached hydrogen (secondary N) is 1. The van der Waals surface area contributed by atoms with Crippen LogP contribution in [0.2, 0.25) is 0 Å². The largest absolute Gasteiger partial charge is 0.496 e. The summed E-state index contributed by atoms with van der Waals surface area (Å²) in [6.07, 6.45) is 5.78. The number of aliphatic hydroxyl groups is 3. The molecular formula is C43H55N5O7. The molecule has 1 saturated carbocycles. The SMILES string of the molecule is CC[C@@]1(O)CC2CN(CCc3c([nH]c4ccccc34)[C@](C(=O)OC)(c3cc4c(cc3OC)N(C)C3[C@@](O)(C(N)=O)[C@H](O)[C@]5(CC)C=CCN6CC[C@@]43[C@@H]65)C2)C1. The Morgan fingerprint density at radius 3 is 2.53 bits per heavy atom. The van der Waals surface area contributed by atoms with Crippen LogP contribution in [0.25, 0.3) is 10.9 Å². The molecule has 9 rings (SSSR count). The summed E-state index contributed by atoms with van der Waals surface area (Å²) >= 11 is 0. The maximum atomic E-state index is 15.2. The summed E-state index contributed by atoms with van der Waals surface area (Å²) in [5.74, 6) is -1.00. The summed E-state index contributed by atoms with van der Waals surface area (Å²) in [6.45, 7) is 7.39. The van der Waals surface area contributed by atoms with Gasteiger partial charge in [-0.2, -0.15) is 0 Å². The van der Waals surface area contributed by atoms with Crippen molar-refractivity contribution in [2.45, 2.75) is 92.6 Å². The van der Waals surface area contributed by atoms with Crippen molar-refractivity contribution < 1.29 is 34.4 Å². The summed E-state index contributed by atoms with van der Waals surface area (Å²) in [5.41, 5.74) is 4.72. The summed E-state index contributed by atoms with van der Waals surface area (Å²) in [4.78, 5) is 39.3. The molecule has 3 aromatic rings. The fourth-order valence-corrected chi connectivity index (χ4v) is 13.1. The average molecular weight is 754 g/mol. The van der Waals surface area contributed by atoms with Crippen LogP contribution in [-0.4, -0.2) is 125 Å². The highest BCUT2D eigenvalue weighted by Gasteiger charge is 2.78. The fraction of sp³-hybridized carbons (Fsp3) is 0.581. The van der Waals surface area contributed by atoms with Crippen LogP contribution in [0, 0.1) is 11.3 Å². The first-order valence-corrected chi connectivity index (χ1v) is 20.0. The van der Waals surface area contributed by atoms with Crippen molar-refractivity contribution in [1.29, 1.82) is 0 Å². The zero-order valence-corrected chi connectivity index (χ0v) is 32.6. The highest BCUT2D eigenvalue weighted by molar-refractivity contribution is 5.95. The quantitative estimate of drug-likeness (QED) is 0.187. The molecule has 12 nitrogen and oxygen atoms in total. The van der Waals surface area contributed by atoms with E-state index in [1.165, 1.54) is 7.11 Å². The van der Waals surface area contributed by atoms with Crippen LogP contribution in [0.4, 0.5) is 5.69 Å². The van der Waals surface area contributed by atoms with E-state index < -0.39 is 51.5 Å². The van der Waals surface area contributed by atoms with Gasteiger partial charge in [0.2, 0.25) is 0 Å². The Balaban J connectivity index is 1.36. The number of nitrogens with zero attached hydrogens (tertiary/aromatic N) is 3. The zero-order valence-electron chi connectivity index (χ0n) is 32.6. The summed E-state index contributed by atoms with van der Waals surface area (Å²) < 4.78 is 12.2. The number of ether oxygens (including phenoxy) is 2. The van der Waals surface area contributed by atoms with Gasteiger partial charge in [-0.3, -0.25) is 19.4 Å². The third kappa shape index (κ3) is 4.51. The van der Waals surface area contributed by atoms with Gasteiger partial charge < -0.3 is 40.4 Å². The van der Waals surface area contributed by atoms with Crippen LogP contribution in [0.1, 0.15) is 68.3 Å². The van der Waals surface area contributed by atoms with Crippen molar-refractivity contribution in [3.05, 3.63) is 70.9 Å². The molecule has 12 heteroatoms. The number of hydrogen-bond donors (Lipinski definition) is 5. The monoisotopic (exact) mass is 753 g/mol. The second-order valence-electron chi connectivity index (χ2n) is 17.5. The Kier molecular flexibility index (Phi) is 8.19. The van der Waals surface area contributed by atoms with E-state index in [2.05, 4.69) is 26.9 Å².